The van der Waals surface area contributed by atoms with Crippen molar-refractivity contribution in [3.63, 3.8) is 0 Å². The molecule has 0 spiro atoms. The highest BCUT2D eigenvalue weighted by Gasteiger charge is 2.37. The number of carboxylic acid groups (broad SMARTS) is 1. The lowest BCUT2D eigenvalue weighted by molar-refractivity contribution is -0.139. The molecular formula is C18H19NO4S2. The quantitative estimate of drug-likeness (QED) is 0.624. The minimum atomic E-state index is -1.04. The Balaban J connectivity index is 1.81. The molecule has 1 amide bonds. The van der Waals surface area contributed by atoms with Crippen molar-refractivity contribution >= 4 is 46.3 Å². The van der Waals surface area contributed by atoms with Gasteiger partial charge in [-0.1, -0.05) is 61.4 Å². The SMILES string of the molecule is O=C(O)COc1ccccc1/C=C1/SC(=S)N(C2CCCCC2)C1=O. The van der Waals surface area contributed by atoms with E-state index in [2.05, 4.69) is 0 Å². The van der Waals surface area contributed by atoms with Crippen molar-refractivity contribution in [3.05, 3.63) is 34.7 Å². The molecule has 1 heterocycles. The molecule has 1 aliphatic heterocycles. The Labute approximate surface area is 156 Å². The monoisotopic (exact) mass is 377 g/mol. The van der Waals surface area contributed by atoms with Gasteiger partial charge in [-0.2, -0.15) is 0 Å². The highest BCUT2D eigenvalue weighted by atomic mass is 32.2. The third-order valence-corrected chi connectivity index (χ3v) is 5.65. The van der Waals surface area contributed by atoms with Crippen LogP contribution in [0.3, 0.4) is 0 Å². The maximum Gasteiger partial charge on any atom is 0.341 e. The summed E-state index contributed by atoms with van der Waals surface area (Å²) >= 11 is 6.73. The summed E-state index contributed by atoms with van der Waals surface area (Å²) in [6.07, 6.45) is 7.21. The van der Waals surface area contributed by atoms with E-state index in [1.165, 1.54) is 18.2 Å². The fourth-order valence-corrected chi connectivity index (χ4v) is 4.54. The number of nitrogens with zero attached hydrogens (tertiary/aromatic N) is 1. The van der Waals surface area contributed by atoms with E-state index in [0.29, 0.717) is 20.5 Å². The minimum Gasteiger partial charge on any atom is -0.481 e. The zero-order valence-electron chi connectivity index (χ0n) is 13.6. The molecular weight excluding hydrogens is 358 g/mol. The molecule has 0 atom stereocenters. The minimum absolute atomic E-state index is 0.0602. The molecule has 7 heteroatoms. The van der Waals surface area contributed by atoms with Gasteiger partial charge < -0.3 is 9.84 Å². The summed E-state index contributed by atoms with van der Waals surface area (Å²) in [5, 5.41) is 8.78. The lowest BCUT2D eigenvalue weighted by Gasteiger charge is -2.29. The molecule has 2 aliphatic rings. The molecule has 0 radical (unpaired) electrons. The summed E-state index contributed by atoms with van der Waals surface area (Å²) in [5.74, 6) is -0.666. The van der Waals surface area contributed by atoms with Crippen molar-refractivity contribution in [2.75, 3.05) is 6.61 Å². The summed E-state index contributed by atoms with van der Waals surface area (Å²) in [5.41, 5.74) is 0.674. The van der Waals surface area contributed by atoms with Gasteiger partial charge in [0.1, 0.15) is 10.1 Å². The number of hydrogen-bond acceptors (Lipinski definition) is 5. The first-order valence-corrected chi connectivity index (χ1v) is 9.49. The van der Waals surface area contributed by atoms with Crippen molar-refractivity contribution < 1.29 is 19.4 Å². The van der Waals surface area contributed by atoms with Crippen molar-refractivity contribution in [1.82, 2.24) is 4.90 Å². The number of ether oxygens (including phenoxy) is 1. The molecule has 1 saturated heterocycles. The molecule has 5 nitrogen and oxygen atoms in total. The number of aliphatic carboxylic acids is 1. The van der Waals surface area contributed by atoms with Crippen LogP contribution in [0.4, 0.5) is 0 Å². The molecule has 2 fully saturated rings. The Morgan fingerprint density at radius 3 is 2.76 bits per heavy atom. The molecule has 1 aliphatic carbocycles. The van der Waals surface area contributed by atoms with Crippen molar-refractivity contribution in [2.24, 2.45) is 0 Å². The highest BCUT2D eigenvalue weighted by Crippen LogP contribution is 2.38. The molecule has 3 rings (SSSR count). The van der Waals surface area contributed by atoms with E-state index in [1.54, 1.807) is 29.2 Å². The Hall–Kier alpha value is -1.86. The van der Waals surface area contributed by atoms with E-state index in [4.69, 9.17) is 22.1 Å². The number of thiocarbonyl (C=S) groups is 1. The largest absolute Gasteiger partial charge is 0.481 e. The van der Waals surface area contributed by atoms with Gasteiger partial charge in [0.05, 0.1) is 4.91 Å². The van der Waals surface area contributed by atoms with Crippen LogP contribution in [0, 0.1) is 0 Å². The Morgan fingerprint density at radius 1 is 1.32 bits per heavy atom. The number of thioether (sulfide) groups is 1. The fourth-order valence-electron chi connectivity index (χ4n) is 3.15. The average Bonchev–Trinajstić information content (AvgIpc) is 2.88. The molecule has 0 bridgehead atoms. The molecule has 1 aromatic carbocycles. The number of hydrogen-bond donors (Lipinski definition) is 1. The number of carbonyl (C=O) groups excluding carboxylic acids is 1. The Kier molecular flexibility index (Phi) is 5.75. The van der Waals surface area contributed by atoms with Crippen LogP contribution in [-0.4, -0.2) is 38.9 Å². The zero-order chi connectivity index (χ0) is 17.8. The van der Waals surface area contributed by atoms with Gasteiger partial charge in [-0.05, 0) is 25.0 Å². The highest BCUT2D eigenvalue weighted by molar-refractivity contribution is 8.26. The van der Waals surface area contributed by atoms with E-state index in [-0.39, 0.29) is 11.9 Å². The van der Waals surface area contributed by atoms with Crippen molar-refractivity contribution in [3.8, 4) is 5.75 Å². The Morgan fingerprint density at radius 2 is 2.04 bits per heavy atom. The van der Waals surface area contributed by atoms with Gasteiger partial charge in [0.2, 0.25) is 0 Å². The van der Waals surface area contributed by atoms with Gasteiger partial charge in [-0.25, -0.2) is 4.79 Å². The van der Waals surface area contributed by atoms with Gasteiger partial charge in [0.15, 0.2) is 6.61 Å². The molecule has 1 saturated carbocycles. The van der Waals surface area contributed by atoms with Gasteiger partial charge in [0.25, 0.3) is 5.91 Å². The summed E-state index contributed by atoms with van der Waals surface area (Å²) in [7, 11) is 0. The summed E-state index contributed by atoms with van der Waals surface area (Å²) in [4.78, 5) is 25.8. The van der Waals surface area contributed by atoms with E-state index >= 15 is 0 Å². The van der Waals surface area contributed by atoms with E-state index in [9.17, 15) is 9.59 Å². The summed E-state index contributed by atoms with van der Waals surface area (Å²) in [6, 6.07) is 7.27. The average molecular weight is 377 g/mol. The number of carboxylic acids is 1. The smallest absolute Gasteiger partial charge is 0.341 e. The topological polar surface area (TPSA) is 66.8 Å². The van der Waals surface area contributed by atoms with E-state index < -0.39 is 12.6 Å². The first-order chi connectivity index (χ1) is 12.1. The zero-order valence-corrected chi connectivity index (χ0v) is 15.3. The lowest BCUT2D eigenvalue weighted by Crippen LogP contribution is -2.39. The van der Waals surface area contributed by atoms with Crippen LogP contribution in [-0.2, 0) is 9.59 Å². The summed E-state index contributed by atoms with van der Waals surface area (Å²) < 4.78 is 5.91. The third-order valence-electron chi connectivity index (χ3n) is 4.32. The Bertz CT molecular complexity index is 726. The van der Waals surface area contributed by atoms with Crippen LogP contribution in [0.1, 0.15) is 37.7 Å². The third kappa shape index (κ3) is 4.22. The predicted octanol–water partition coefficient (Wildman–Crippen LogP) is 3.68. The number of amides is 1. The first-order valence-electron chi connectivity index (χ1n) is 8.27. The van der Waals surface area contributed by atoms with Crippen LogP contribution in [0.15, 0.2) is 29.2 Å². The number of para-hydroxylation sites is 1. The maximum absolute atomic E-state index is 12.8. The van der Waals surface area contributed by atoms with Crippen LogP contribution in [0.25, 0.3) is 6.08 Å². The van der Waals surface area contributed by atoms with Crippen LogP contribution < -0.4 is 4.74 Å². The lowest BCUT2D eigenvalue weighted by atomic mass is 9.94. The van der Waals surface area contributed by atoms with Crippen LogP contribution in [0.5, 0.6) is 5.75 Å². The first kappa shape index (κ1) is 17.9. The van der Waals surface area contributed by atoms with Gasteiger partial charge in [-0.3, -0.25) is 9.69 Å². The molecule has 1 aromatic rings. The standard InChI is InChI=1S/C18H19NO4S2/c20-16(21)11-23-14-9-5-4-6-12(14)10-15-17(22)19(18(24)25-15)13-7-2-1-3-8-13/h4-6,9-10,13H,1-3,7-8,11H2,(H,20,21)/b15-10+. The molecule has 132 valence electrons. The normalized spacial score (nSPS) is 20.3. The number of carbonyl (C=O) groups is 2. The molecule has 0 unspecified atom stereocenters. The van der Waals surface area contributed by atoms with Crippen LogP contribution in [0.2, 0.25) is 0 Å². The van der Waals surface area contributed by atoms with E-state index in [0.717, 1.165) is 25.7 Å². The van der Waals surface area contributed by atoms with Crippen LogP contribution >= 0.6 is 24.0 Å². The van der Waals surface area contributed by atoms with Gasteiger partial charge in [-0.15, -0.1) is 0 Å². The maximum atomic E-state index is 12.8. The van der Waals surface area contributed by atoms with Crippen molar-refractivity contribution in [1.29, 1.82) is 0 Å². The molecule has 25 heavy (non-hydrogen) atoms. The predicted molar refractivity (Wildman–Crippen MR) is 101 cm³/mol. The van der Waals surface area contributed by atoms with Gasteiger partial charge in [0, 0.05) is 11.6 Å². The number of benzene rings is 1. The molecule has 0 aromatic heterocycles. The van der Waals surface area contributed by atoms with Crippen molar-refractivity contribution in [2.45, 2.75) is 38.1 Å². The second-order valence-electron chi connectivity index (χ2n) is 6.06. The second kappa shape index (κ2) is 8.01. The fraction of sp³-hybridized carbons (Fsp3) is 0.389. The molecule has 1 N–H and O–H groups in total. The van der Waals surface area contributed by atoms with E-state index in [1.807, 2.05) is 6.07 Å². The second-order valence-corrected chi connectivity index (χ2v) is 7.74. The van der Waals surface area contributed by atoms with Gasteiger partial charge >= 0.3 is 5.97 Å². The summed E-state index contributed by atoms with van der Waals surface area (Å²) in [6.45, 7) is -0.423. The number of rotatable bonds is 5.